The highest BCUT2D eigenvalue weighted by Crippen LogP contribution is 2.29. The molecule has 0 unspecified atom stereocenters. The minimum absolute atomic E-state index is 0.0925. The van der Waals surface area contributed by atoms with Gasteiger partial charge in [-0.1, -0.05) is 0 Å². The lowest BCUT2D eigenvalue weighted by molar-refractivity contribution is -0.385. The molecule has 2 aromatic rings. The predicted molar refractivity (Wildman–Crippen MR) is 86.1 cm³/mol. The molecule has 1 heterocycles. The van der Waals surface area contributed by atoms with E-state index < -0.39 is 10.8 Å². The highest BCUT2D eigenvalue weighted by atomic mass is 16.6. The van der Waals surface area contributed by atoms with E-state index in [0.717, 1.165) is 0 Å². The average Bonchev–Trinajstić information content (AvgIpc) is 2.54. The SMILES string of the molecule is COc1ccc(NC(=O)c2ccnc(NC(C)=O)c2)cc1[N+](=O)[O-]. The second-order valence-corrected chi connectivity index (χ2v) is 4.71. The van der Waals surface area contributed by atoms with Crippen molar-refractivity contribution in [1.29, 1.82) is 0 Å². The molecule has 9 nitrogen and oxygen atoms in total. The minimum atomic E-state index is -0.601. The van der Waals surface area contributed by atoms with Gasteiger partial charge in [-0.3, -0.25) is 19.7 Å². The summed E-state index contributed by atoms with van der Waals surface area (Å²) in [5, 5.41) is 16.0. The van der Waals surface area contributed by atoms with Gasteiger partial charge in [0.15, 0.2) is 5.75 Å². The first-order valence-corrected chi connectivity index (χ1v) is 6.78. The number of nitro benzene ring substituents is 1. The Kier molecular flexibility index (Phi) is 5.05. The van der Waals surface area contributed by atoms with Crippen LogP contribution in [0.25, 0.3) is 0 Å². The Morgan fingerprint density at radius 2 is 1.96 bits per heavy atom. The number of carbonyl (C=O) groups is 2. The molecule has 0 aliphatic carbocycles. The second-order valence-electron chi connectivity index (χ2n) is 4.71. The molecule has 0 aliphatic rings. The number of pyridine rings is 1. The summed E-state index contributed by atoms with van der Waals surface area (Å²) in [5.74, 6) is -0.486. The number of rotatable bonds is 5. The lowest BCUT2D eigenvalue weighted by Gasteiger charge is -2.08. The van der Waals surface area contributed by atoms with Crippen LogP contribution in [0.2, 0.25) is 0 Å². The predicted octanol–water partition coefficient (Wildman–Crippen LogP) is 2.21. The molecule has 124 valence electrons. The molecule has 2 rings (SSSR count). The first kappa shape index (κ1) is 16.9. The number of amides is 2. The Balaban J connectivity index is 2.22. The van der Waals surface area contributed by atoms with E-state index in [2.05, 4.69) is 15.6 Å². The van der Waals surface area contributed by atoms with Crippen LogP contribution in [0.5, 0.6) is 5.75 Å². The number of nitrogens with one attached hydrogen (secondary N) is 2. The molecule has 0 saturated carbocycles. The number of hydrogen-bond donors (Lipinski definition) is 2. The maximum atomic E-state index is 12.2. The van der Waals surface area contributed by atoms with Gasteiger partial charge in [0.2, 0.25) is 5.91 Å². The maximum absolute atomic E-state index is 12.2. The molecule has 0 bridgehead atoms. The van der Waals surface area contributed by atoms with E-state index in [1.807, 2.05) is 0 Å². The van der Waals surface area contributed by atoms with Crippen molar-refractivity contribution in [2.45, 2.75) is 6.92 Å². The van der Waals surface area contributed by atoms with E-state index in [1.165, 1.54) is 50.6 Å². The van der Waals surface area contributed by atoms with Gasteiger partial charge >= 0.3 is 5.69 Å². The summed E-state index contributed by atoms with van der Waals surface area (Å²) in [6.07, 6.45) is 1.37. The summed E-state index contributed by atoms with van der Waals surface area (Å²) in [6, 6.07) is 6.93. The summed E-state index contributed by atoms with van der Waals surface area (Å²) in [4.78, 5) is 37.6. The third-order valence-electron chi connectivity index (χ3n) is 2.96. The van der Waals surface area contributed by atoms with E-state index in [9.17, 15) is 19.7 Å². The highest BCUT2D eigenvalue weighted by molar-refractivity contribution is 6.05. The van der Waals surface area contributed by atoms with Gasteiger partial charge in [0, 0.05) is 30.4 Å². The normalized spacial score (nSPS) is 9.92. The first-order valence-electron chi connectivity index (χ1n) is 6.78. The fourth-order valence-electron chi connectivity index (χ4n) is 1.93. The summed E-state index contributed by atoms with van der Waals surface area (Å²) in [6.45, 7) is 1.32. The Labute approximate surface area is 136 Å². The second kappa shape index (κ2) is 7.18. The number of aromatic nitrogens is 1. The Morgan fingerprint density at radius 3 is 2.58 bits per heavy atom. The Morgan fingerprint density at radius 1 is 1.21 bits per heavy atom. The Hall–Kier alpha value is -3.49. The van der Waals surface area contributed by atoms with Gasteiger partial charge in [-0.05, 0) is 24.3 Å². The molecule has 0 saturated heterocycles. The van der Waals surface area contributed by atoms with Crippen LogP contribution >= 0.6 is 0 Å². The van der Waals surface area contributed by atoms with E-state index >= 15 is 0 Å². The quantitative estimate of drug-likeness (QED) is 0.640. The molecule has 0 atom stereocenters. The van der Waals surface area contributed by atoms with Crippen molar-refractivity contribution >= 4 is 29.0 Å². The van der Waals surface area contributed by atoms with E-state index in [4.69, 9.17) is 4.74 Å². The third-order valence-corrected chi connectivity index (χ3v) is 2.96. The van der Waals surface area contributed by atoms with Crippen molar-refractivity contribution in [2.24, 2.45) is 0 Å². The van der Waals surface area contributed by atoms with Crippen LogP contribution in [0.1, 0.15) is 17.3 Å². The van der Waals surface area contributed by atoms with Crippen LogP contribution in [0.15, 0.2) is 36.5 Å². The van der Waals surface area contributed by atoms with Crippen molar-refractivity contribution in [3.63, 3.8) is 0 Å². The zero-order valence-electron chi connectivity index (χ0n) is 12.9. The topological polar surface area (TPSA) is 123 Å². The number of ether oxygens (including phenoxy) is 1. The number of methoxy groups -OCH3 is 1. The lowest BCUT2D eigenvalue weighted by Crippen LogP contribution is -2.14. The fourth-order valence-corrected chi connectivity index (χ4v) is 1.93. The van der Waals surface area contributed by atoms with Gasteiger partial charge < -0.3 is 15.4 Å². The Bertz CT molecular complexity index is 806. The molecule has 9 heteroatoms. The minimum Gasteiger partial charge on any atom is -0.490 e. The van der Waals surface area contributed by atoms with Crippen LogP contribution in [0.3, 0.4) is 0 Å². The van der Waals surface area contributed by atoms with Crippen molar-refractivity contribution in [3.05, 3.63) is 52.2 Å². The van der Waals surface area contributed by atoms with Crippen LogP contribution in [0.4, 0.5) is 17.2 Å². The average molecular weight is 330 g/mol. The number of anilines is 2. The number of benzene rings is 1. The van der Waals surface area contributed by atoms with Crippen molar-refractivity contribution in [3.8, 4) is 5.75 Å². The van der Waals surface area contributed by atoms with Gasteiger partial charge in [-0.15, -0.1) is 0 Å². The standard InChI is InChI=1S/C15H14N4O5/c1-9(20)17-14-7-10(5-6-16-14)15(21)18-11-3-4-13(24-2)12(8-11)19(22)23/h3-8H,1-2H3,(H,18,21)(H,16,17,20). The largest absolute Gasteiger partial charge is 0.490 e. The van der Waals surface area contributed by atoms with Crippen LogP contribution in [0, 0.1) is 10.1 Å². The monoisotopic (exact) mass is 330 g/mol. The first-order chi connectivity index (χ1) is 11.4. The number of carbonyl (C=O) groups excluding carboxylic acids is 2. The lowest BCUT2D eigenvalue weighted by atomic mass is 10.2. The maximum Gasteiger partial charge on any atom is 0.312 e. The van der Waals surface area contributed by atoms with Crippen molar-refractivity contribution < 1.29 is 19.2 Å². The van der Waals surface area contributed by atoms with Crippen LogP contribution in [-0.4, -0.2) is 28.8 Å². The summed E-state index contributed by atoms with van der Waals surface area (Å²) < 4.78 is 4.90. The molecule has 0 aliphatic heterocycles. The summed E-state index contributed by atoms with van der Waals surface area (Å²) >= 11 is 0. The number of nitro groups is 1. The van der Waals surface area contributed by atoms with Crippen LogP contribution in [-0.2, 0) is 4.79 Å². The molecule has 0 radical (unpaired) electrons. The van der Waals surface area contributed by atoms with Crippen molar-refractivity contribution in [1.82, 2.24) is 4.98 Å². The molecule has 2 N–H and O–H groups in total. The van der Waals surface area contributed by atoms with E-state index in [-0.39, 0.29) is 34.4 Å². The van der Waals surface area contributed by atoms with Gasteiger partial charge in [-0.25, -0.2) is 4.98 Å². The van der Waals surface area contributed by atoms with Crippen molar-refractivity contribution in [2.75, 3.05) is 17.7 Å². The molecule has 1 aromatic carbocycles. The van der Waals surface area contributed by atoms with E-state index in [1.54, 1.807) is 0 Å². The van der Waals surface area contributed by atoms with Crippen LogP contribution < -0.4 is 15.4 Å². The van der Waals surface area contributed by atoms with Gasteiger partial charge in [0.1, 0.15) is 5.82 Å². The molecular formula is C15H14N4O5. The highest BCUT2D eigenvalue weighted by Gasteiger charge is 2.16. The van der Waals surface area contributed by atoms with Gasteiger partial charge in [-0.2, -0.15) is 0 Å². The molecule has 2 amide bonds. The van der Waals surface area contributed by atoms with Gasteiger partial charge in [0.05, 0.1) is 12.0 Å². The molecule has 0 spiro atoms. The molecule has 0 fully saturated rings. The summed E-state index contributed by atoms with van der Waals surface area (Å²) in [7, 11) is 1.32. The molecule has 24 heavy (non-hydrogen) atoms. The fraction of sp³-hybridized carbons (Fsp3) is 0.133. The summed E-state index contributed by atoms with van der Waals surface area (Å²) in [5.41, 5.74) is 0.224. The zero-order valence-corrected chi connectivity index (χ0v) is 12.9. The smallest absolute Gasteiger partial charge is 0.312 e. The third kappa shape index (κ3) is 4.03. The zero-order chi connectivity index (χ0) is 17.7. The number of nitrogens with zero attached hydrogens (tertiary/aromatic N) is 2. The molecular weight excluding hydrogens is 316 g/mol. The molecule has 1 aromatic heterocycles. The van der Waals surface area contributed by atoms with E-state index in [0.29, 0.717) is 0 Å². The van der Waals surface area contributed by atoms with Gasteiger partial charge in [0.25, 0.3) is 5.91 Å². The number of hydrogen-bond acceptors (Lipinski definition) is 6.